The molecular formula is C16H17F2N. The van der Waals surface area contributed by atoms with Crippen molar-refractivity contribution in [3.63, 3.8) is 0 Å². The standard InChI is InChI=1S/C16H17F2N/c1-11(19-2)9-12-3-5-13(6-4-12)15-8-7-14(17)10-16(15)18/h3-8,10-11,19H,9H2,1-2H3. The highest BCUT2D eigenvalue weighted by atomic mass is 19.1. The van der Waals surface area contributed by atoms with E-state index >= 15 is 0 Å². The van der Waals surface area contributed by atoms with E-state index in [0.717, 1.165) is 18.1 Å². The van der Waals surface area contributed by atoms with Crippen molar-refractivity contribution < 1.29 is 8.78 Å². The fourth-order valence-electron chi connectivity index (χ4n) is 2.00. The molecule has 1 atom stereocenters. The third-order valence-electron chi connectivity index (χ3n) is 3.23. The highest BCUT2D eigenvalue weighted by molar-refractivity contribution is 5.64. The number of benzene rings is 2. The maximum absolute atomic E-state index is 13.7. The summed E-state index contributed by atoms with van der Waals surface area (Å²) in [7, 11) is 1.92. The highest BCUT2D eigenvalue weighted by Crippen LogP contribution is 2.24. The molecule has 0 amide bonds. The lowest BCUT2D eigenvalue weighted by Crippen LogP contribution is -2.23. The average Bonchev–Trinajstić information content (AvgIpc) is 2.40. The molecule has 0 fully saturated rings. The van der Waals surface area contributed by atoms with Crippen molar-refractivity contribution >= 4 is 0 Å². The molecule has 2 aromatic rings. The molecule has 100 valence electrons. The van der Waals surface area contributed by atoms with Crippen LogP contribution in [-0.2, 0) is 6.42 Å². The first-order chi connectivity index (χ1) is 9.10. The number of nitrogens with one attached hydrogen (secondary N) is 1. The van der Waals surface area contributed by atoms with Crippen LogP contribution in [-0.4, -0.2) is 13.1 Å². The van der Waals surface area contributed by atoms with Gasteiger partial charge in [-0.2, -0.15) is 0 Å². The fourth-order valence-corrected chi connectivity index (χ4v) is 2.00. The summed E-state index contributed by atoms with van der Waals surface area (Å²) >= 11 is 0. The van der Waals surface area contributed by atoms with Gasteiger partial charge in [-0.1, -0.05) is 24.3 Å². The molecule has 0 heterocycles. The second-order valence-electron chi connectivity index (χ2n) is 4.71. The summed E-state index contributed by atoms with van der Waals surface area (Å²) in [5.41, 5.74) is 2.38. The molecule has 3 heteroatoms. The lowest BCUT2D eigenvalue weighted by molar-refractivity contribution is 0.585. The molecule has 1 nitrogen and oxygen atoms in total. The van der Waals surface area contributed by atoms with Gasteiger partial charge in [-0.05, 0) is 43.7 Å². The quantitative estimate of drug-likeness (QED) is 0.883. The lowest BCUT2D eigenvalue weighted by Gasteiger charge is -2.10. The normalized spacial score (nSPS) is 12.4. The Balaban J connectivity index is 2.22. The number of likely N-dealkylation sites (N-methyl/N-ethyl adjacent to an activating group) is 1. The van der Waals surface area contributed by atoms with Crippen molar-refractivity contribution in [2.45, 2.75) is 19.4 Å². The van der Waals surface area contributed by atoms with Crippen LogP contribution >= 0.6 is 0 Å². The van der Waals surface area contributed by atoms with E-state index in [0.29, 0.717) is 11.6 Å². The van der Waals surface area contributed by atoms with Crippen molar-refractivity contribution in [2.75, 3.05) is 7.05 Å². The number of hydrogen-bond donors (Lipinski definition) is 1. The Labute approximate surface area is 112 Å². The van der Waals surface area contributed by atoms with Gasteiger partial charge in [0, 0.05) is 17.7 Å². The van der Waals surface area contributed by atoms with Gasteiger partial charge >= 0.3 is 0 Å². The zero-order chi connectivity index (χ0) is 13.8. The van der Waals surface area contributed by atoms with Gasteiger partial charge in [0.05, 0.1) is 0 Å². The van der Waals surface area contributed by atoms with Crippen molar-refractivity contribution in [1.82, 2.24) is 5.32 Å². The van der Waals surface area contributed by atoms with E-state index in [2.05, 4.69) is 12.2 Å². The number of rotatable bonds is 4. The smallest absolute Gasteiger partial charge is 0.133 e. The Morgan fingerprint density at radius 2 is 1.74 bits per heavy atom. The molecule has 19 heavy (non-hydrogen) atoms. The molecular weight excluding hydrogens is 244 g/mol. The van der Waals surface area contributed by atoms with Gasteiger partial charge < -0.3 is 5.32 Å². The largest absolute Gasteiger partial charge is 0.317 e. The van der Waals surface area contributed by atoms with Gasteiger partial charge in [-0.25, -0.2) is 8.78 Å². The fraction of sp³-hybridized carbons (Fsp3) is 0.250. The first-order valence-corrected chi connectivity index (χ1v) is 6.32. The van der Waals surface area contributed by atoms with Gasteiger partial charge in [-0.15, -0.1) is 0 Å². The van der Waals surface area contributed by atoms with Crippen molar-refractivity contribution in [1.29, 1.82) is 0 Å². The van der Waals surface area contributed by atoms with E-state index in [1.54, 1.807) is 0 Å². The molecule has 2 aromatic carbocycles. The van der Waals surface area contributed by atoms with Crippen LogP contribution in [0.5, 0.6) is 0 Å². The summed E-state index contributed by atoms with van der Waals surface area (Å²) in [6.07, 6.45) is 0.919. The lowest BCUT2D eigenvalue weighted by atomic mass is 10.0. The van der Waals surface area contributed by atoms with Gasteiger partial charge in [0.2, 0.25) is 0 Å². The topological polar surface area (TPSA) is 12.0 Å². The van der Waals surface area contributed by atoms with E-state index in [1.165, 1.54) is 17.7 Å². The van der Waals surface area contributed by atoms with Gasteiger partial charge in [0.15, 0.2) is 0 Å². The molecule has 0 saturated heterocycles. The van der Waals surface area contributed by atoms with E-state index in [-0.39, 0.29) is 0 Å². The van der Waals surface area contributed by atoms with E-state index in [1.807, 2.05) is 31.3 Å². The minimum Gasteiger partial charge on any atom is -0.317 e. The summed E-state index contributed by atoms with van der Waals surface area (Å²) in [5.74, 6) is -1.09. The average molecular weight is 261 g/mol. The molecule has 0 aliphatic rings. The third-order valence-corrected chi connectivity index (χ3v) is 3.23. The Bertz CT molecular complexity index is 549. The molecule has 0 bridgehead atoms. The molecule has 0 aromatic heterocycles. The van der Waals surface area contributed by atoms with Crippen LogP contribution in [0, 0.1) is 11.6 Å². The maximum atomic E-state index is 13.7. The maximum Gasteiger partial charge on any atom is 0.133 e. The highest BCUT2D eigenvalue weighted by Gasteiger charge is 2.07. The Morgan fingerprint density at radius 1 is 1.05 bits per heavy atom. The van der Waals surface area contributed by atoms with Crippen LogP contribution in [0.2, 0.25) is 0 Å². The van der Waals surface area contributed by atoms with Crippen LogP contribution in [0.25, 0.3) is 11.1 Å². The minimum absolute atomic E-state index is 0.397. The summed E-state index contributed by atoms with van der Waals surface area (Å²) in [6.45, 7) is 2.10. The summed E-state index contributed by atoms with van der Waals surface area (Å²) in [4.78, 5) is 0. The SMILES string of the molecule is CNC(C)Cc1ccc(-c2ccc(F)cc2F)cc1. The van der Waals surface area contributed by atoms with E-state index in [4.69, 9.17) is 0 Å². The van der Waals surface area contributed by atoms with Crippen LogP contribution in [0.1, 0.15) is 12.5 Å². The first kappa shape index (κ1) is 13.7. The molecule has 0 saturated carbocycles. The monoisotopic (exact) mass is 261 g/mol. The van der Waals surface area contributed by atoms with E-state index in [9.17, 15) is 8.78 Å². The zero-order valence-corrected chi connectivity index (χ0v) is 11.1. The first-order valence-electron chi connectivity index (χ1n) is 6.32. The van der Waals surface area contributed by atoms with Crippen molar-refractivity contribution in [3.05, 3.63) is 59.7 Å². The third kappa shape index (κ3) is 3.38. The van der Waals surface area contributed by atoms with Gasteiger partial charge in [0.25, 0.3) is 0 Å². The van der Waals surface area contributed by atoms with Gasteiger partial charge in [-0.3, -0.25) is 0 Å². The molecule has 1 N–H and O–H groups in total. The Hall–Kier alpha value is -1.74. The van der Waals surface area contributed by atoms with Gasteiger partial charge in [0.1, 0.15) is 11.6 Å². The van der Waals surface area contributed by atoms with Crippen LogP contribution in [0.3, 0.4) is 0 Å². The molecule has 1 unspecified atom stereocenters. The zero-order valence-electron chi connectivity index (χ0n) is 11.1. The Morgan fingerprint density at radius 3 is 2.32 bits per heavy atom. The van der Waals surface area contributed by atoms with E-state index < -0.39 is 11.6 Å². The molecule has 2 rings (SSSR count). The minimum atomic E-state index is -0.555. The molecule has 0 aliphatic carbocycles. The predicted molar refractivity (Wildman–Crippen MR) is 74.0 cm³/mol. The molecule has 0 spiro atoms. The van der Waals surface area contributed by atoms with Crippen LogP contribution in [0.15, 0.2) is 42.5 Å². The molecule has 0 aliphatic heterocycles. The van der Waals surface area contributed by atoms with Crippen LogP contribution < -0.4 is 5.32 Å². The van der Waals surface area contributed by atoms with Crippen molar-refractivity contribution in [2.24, 2.45) is 0 Å². The summed E-state index contributed by atoms with van der Waals surface area (Å²) < 4.78 is 26.5. The predicted octanol–water partition coefficient (Wildman–Crippen LogP) is 3.78. The Kier molecular flexibility index (Phi) is 4.27. The van der Waals surface area contributed by atoms with Crippen LogP contribution in [0.4, 0.5) is 8.78 Å². The summed E-state index contributed by atoms with van der Waals surface area (Å²) in [6, 6.07) is 11.7. The number of hydrogen-bond acceptors (Lipinski definition) is 1. The second kappa shape index (κ2) is 5.93. The number of halogens is 2. The van der Waals surface area contributed by atoms with Crippen molar-refractivity contribution in [3.8, 4) is 11.1 Å². The molecule has 0 radical (unpaired) electrons. The second-order valence-corrected chi connectivity index (χ2v) is 4.71. The summed E-state index contributed by atoms with van der Waals surface area (Å²) in [5, 5.41) is 3.17.